The molecule has 5 rings (SSSR count). The Labute approximate surface area is 169 Å². The summed E-state index contributed by atoms with van der Waals surface area (Å²) >= 11 is 0. The maximum Gasteiger partial charge on any atom is 0.272 e. The fourth-order valence-electron chi connectivity index (χ4n) is 4.41. The fraction of sp³-hybridized carbons (Fsp3) is 0.579. The third-order valence-electron chi connectivity index (χ3n) is 6.19. The zero-order chi connectivity index (χ0) is 20.4. The molecule has 9 nitrogen and oxygen atoms in total. The number of carbonyl (C=O) groups excluding carboxylic acids is 1. The Bertz CT molecular complexity index is 1070. The van der Waals surface area contributed by atoms with E-state index in [1.807, 2.05) is 19.1 Å². The van der Waals surface area contributed by atoms with Crippen molar-refractivity contribution in [3.63, 3.8) is 0 Å². The van der Waals surface area contributed by atoms with Crippen molar-refractivity contribution < 1.29 is 17.7 Å². The molecule has 3 fully saturated rings. The zero-order valence-electron chi connectivity index (χ0n) is 16.4. The second-order valence-electron chi connectivity index (χ2n) is 8.56. The summed E-state index contributed by atoms with van der Waals surface area (Å²) in [6.45, 7) is 3.38. The Hall–Kier alpha value is -2.33. The van der Waals surface area contributed by atoms with E-state index in [1.165, 1.54) is 10.6 Å². The first kappa shape index (κ1) is 18.7. The van der Waals surface area contributed by atoms with Gasteiger partial charge in [0.25, 0.3) is 5.91 Å². The van der Waals surface area contributed by atoms with Crippen LogP contribution in [0.3, 0.4) is 0 Å². The van der Waals surface area contributed by atoms with E-state index in [4.69, 9.17) is 4.52 Å². The van der Waals surface area contributed by atoms with Crippen LogP contribution < -0.4 is 0 Å². The lowest BCUT2D eigenvalue weighted by Gasteiger charge is -2.49. The summed E-state index contributed by atoms with van der Waals surface area (Å²) in [6.07, 6.45) is 3.34. The van der Waals surface area contributed by atoms with Crippen molar-refractivity contribution in [2.75, 3.05) is 32.4 Å². The minimum Gasteiger partial charge on any atom is -0.339 e. The van der Waals surface area contributed by atoms with Gasteiger partial charge in [-0.2, -0.15) is 4.98 Å². The number of aryl methyl sites for hydroxylation is 1. The Morgan fingerprint density at radius 1 is 1.21 bits per heavy atom. The van der Waals surface area contributed by atoms with Crippen LogP contribution in [0.4, 0.5) is 0 Å². The van der Waals surface area contributed by atoms with Gasteiger partial charge in [0.05, 0.1) is 12.2 Å². The number of rotatable bonds is 4. The number of hydrogen-bond donors (Lipinski definition) is 0. The topological polar surface area (TPSA) is 110 Å². The van der Waals surface area contributed by atoms with Crippen LogP contribution in [0.1, 0.15) is 52.6 Å². The first-order chi connectivity index (χ1) is 13.7. The predicted molar refractivity (Wildman–Crippen MR) is 103 cm³/mol. The van der Waals surface area contributed by atoms with Gasteiger partial charge in [-0.05, 0) is 31.9 Å². The highest BCUT2D eigenvalue weighted by Crippen LogP contribution is 2.50. The van der Waals surface area contributed by atoms with E-state index in [-0.39, 0.29) is 11.8 Å². The molecular formula is C19H23N5O4S. The van der Waals surface area contributed by atoms with Gasteiger partial charge < -0.3 is 9.42 Å². The Morgan fingerprint density at radius 3 is 2.62 bits per heavy atom. The average molecular weight is 417 g/mol. The number of aromatic nitrogens is 3. The molecule has 1 spiro atoms. The summed E-state index contributed by atoms with van der Waals surface area (Å²) in [5.41, 5.74) is 0.783. The van der Waals surface area contributed by atoms with Gasteiger partial charge in [-0.25, -0.2) is 17.7 Å². The lowest BCUT2D eigenvalue weighted by molar-refractivity contribution is 0.000873. The standard InChI is InChI=1S/C19H23N5O4S/c1-12-4-3-5-15(20-12)18(25)23-9-19(10-23)11-24(29(2,26)27)8-14(19)17-21-16(22-28-17)13-6-7-13/h3-5,13-14H,6-11H2,1-2H3. The Morgan fingerprint density at radius 2 is 1.97 bits per heavy atom. The average Bonchev–Trinajstić information content (AvgIpc) is 3.22. The molecule has 29 heavy (non-hydrogen) atoms. The summed E-state index contributed by atoms with van der Waals surface area (Å²) in [5.74, 6) is 1.21. The number of hydrogen-bond acceptors (Lipinski definition) is 7. The molecule has 1 saturated carbocycles. The normalized spacial score (nSPS) is 24.1. The van der Waals surface area contributed by atoms with Gasteiger partial charge in [0, 0.05) is 43.2 Å². The smallest absolute Gasteiger partial charge is 0.272 e. The molecule has 1 amide bonds. The molecule has 2 aliphatic heterocycles. The van der Waals surface area contributed by atoms with Crippen LogP contribution in [0.2, 0.25) is 0 Å². The number of carbonyl (C=O) groups is 1. The molecule has 2 saturated heterocycles. The lowest BCUT2D eigenvalue weighted by Crippen LogP contribution is -2.61. The van der Waals surface area contributed by atoms with Crippen LogP contribution in [0, 0.1) is 12.3 Å². The molecule has 10 heteroatoms. The third-order valence-corrected chi connectivity index (χ3v) is 7.41. The molecule has 4 heterocycles. The first-order valence-corrected chi connectivity index (χ1v) is 11.6. The molecule has 0 aromatic carbocycles. The molecule has 0 bridgehead atoms. The van der Waals surface area contributed by atoms with Gasteiger partial charge in [-0.1, -0.05) is 11.2 Å². The molecular weight excluding hydrogens is 394 g/mol. The molecule has 1 unspecified atom stereocenters. The van der Waals surface area contributed by atoms with Crippen LogP contribution in [-0.2, 0) is 10.0 Å². The minimum absolute atomic E-state index is 0.139. The highest BCUT2D eigenvalue weighted by Gasteiger charge is 2.59. The van der Waals surface area contributed by atoms with E-state index in [9.17, 15) is 13.2 Å². The highest BCUT2D eigenvalue weighted by atomic mass is 32.2. The van der Waals surface area contributed by atoms with E-state index in [0.29, 0.717) is 49.5 Å². The van der Waals surface area contributed by atoms with Crippen molar-refractivity contribution in [2.24, 2.45) is 5.41 Å². The summed E-state index contributed by atoms with van der Waals surface area (Å²) in [4.78, 5) is 23.4. The monoisotopic (exact) mass is 417 g/mol. The number of sulfonamides is 1. The minimum atomic E-state index is -3.36. The molecule has 1 aliphatic carbocycles. The molecule has 0 N–H and O–H groups in total. The number of pyridine rings is 1. The Balaban J connectivity index is 1.40. The van der Waals surface area contributed by atoms with Gasteiger partial charge in [-0.15, -0.1) is 0 Å². The number of amides is 1. The van der Waals surface area contributed by atoms with Gasteiger partial charge in [0.2, 0.25) is 15.9 Å². The maximum atomic E-state index is 12.8. The van der Waals surface area contributed by atoms with Crippen molar-refractivity contribution in [3.8, 4) is 0 Å². The van der Waals surface area contributed by atoms with E-state index < -0.39 is 15.4 Å². The van der Waals surface area contributed by atoms with Gasteiger partial charge in [-0.3, -0.25) is 4.79 Å². The third kappa shape index (κ3) is 3.24. The van der Waals surface area contributed by atoms with Crippen molar-refractivity contribution >= 4 is 15.9 Å². The highest BCUT2D eigenvalue weighted by molar-refractivity contribution is 7.88. The van der Waals surface area contributed by atoms with Crippen molar-refractivity contribution in [2.45, 2.75) is 31.6 Å². The molecule has 1 atom stereocenters. The zero-order valence-corrected chi connectivity index (χ0v) is 17.2. The van der Waals surface area contributed by atoms with Crippen LogP contribution >= 0.6 is 0 Å². The Kier molecular flexibility index (Phi) is 4.08. The van der Waals surface area contributed by atoms with Crippen LogP contribution in [0.25, 0.3) is 0 Å². The predicted octanol–water partition coefficient (Wildman–Crippen LogP) is 1.15. The van der Waals surface area contributed by atoms with Crippen LogP contribution in [0.5, 0.6) is 0 Å². The van der Waals surface area contributed by atoms with E-state index in [2.05, 4.69) is 15.1 Å². The van der Waals surface area contributed by atoms with E-state index in [0.717, 1.165) is 18.5 Å². The van der Waals surface area contributed by atoms with E-state index in [1.54, 1.807) is 11.0 Å². The second-order valence-corrected chi connectivity index (χ2v) is 10.5. The van der Waals surface area contributed by atoms with E-state index >= 15 is 0 Å². The lowest BCUT2D eigenvalue weighted by atomic mass is 9.71. The van der Waals surface area contributed by atoms with Gasteiger partial charge >= 0.3 is 0 Å². The van der Waals surface area contributed by atoms with Gasteiger partial charge in [0.15, 0.2) is 5.82 Å². The number of likely N-dealkylation sites (tertiary alicyclic amines) is 1. The van der Waals surface area contributed by atoms with Crippen molar-refractivity contribution in [3.05, 3.63) is 41.3 Å². The SMILES string of the molecule is Cc1cccc(C(=O)N2CC3(C2)CN(S(C)(=O)=O)CC3c2nc(C3CC3)no2)n1. The molecule has 154 valence electrons. The molecule has 2 aromatic heterocycles. The van der Waals surface area contributed by atoms with Crippen LogP contribution in [0.15, 0.2) is 22.7 Å². The van der Waals surface area contributed by atoms with Crippen LogP contribution in [-0.4, -0.2) is 71.1 Å². The van der Waals surface area contributed by atoms with Crippen molar-refractivity contribution in [1.29, 1.82) is 0 Å². The summed E-state index contributed by atoms with van der Waals surface area (Å²) in [6, 6.07) is 5.36. The summed E-state index contributed by atoms with van der Waals surface area (Å²) in [7, 11) is -3.36. The summed E-state index contributed by atoms with van der Waals surface area (Å²) < 4.78 is 31.4. The first-order valence-electron chi connectivity index (χ1n) is 9.77. The number of nitrogens with zero attached hydrogens (tertiary/aromatic N) is 5. The largest absolute Gasteiger partial charge is 0.339 e. The maximum absolute atomic E-state index is 12.8. The van der Waals surface area contributed by atoms with Gasteiger partial charge in [0.1, 0.15) is 5.69 Å². The molecule has 0 radical (unpaired) electrons. The summed E-state index contributed by atoms with van der Waals surface area (Å²) in [5, 5.41) is 4.10. The molecule has 3 aliphatic rings. The molecule has 2 aromatic rings. The quantitative estimate of drug-likeness (QED) is 0.734. The fourth-order valence-corrected chi connectivity index (χ4v) is 5.33. The second kappa shape index (κ2) is 6.33. The van der Waals surface area contributed by atoms with Crippen molar-refractivity contribution in [1.82, 2.24) is 24.3 Å².